The summed E-state index contributed by atoms with van der Waals surface area (Å²) < 4.78 is 1.19. The Bertz CT molecular complexity index is 1140. The zero-order valence-electron chi connectivity index (χ0n) is 13.9. The van der Waals surface area contributed by atoms with Crippen molar-refractivity contribution in [3.05, 3.63) is 88.3 Å². The molecule has 0 saturated carbocycles. The van der Waals surface area contributed by atoms with Crippen molar-refractivity contribution >= 4 is 22.4 Å². The molecule has 8 heteroatoms. The van der Waals surface area contributed by atoms with E-state index in [0.717, 1.165) is 5.69 Å². The van der Waals surface area contributed by atoms with Crippen molar-refractivity contribution in [2.75, 3.05) is 5.32 Å². The van der Waals surface area contributed by atoms with E-state index in [-0.39, 0.29) is 11.3 Å². The van der Waals surface area contributed by atoms with Crippen molar-refractivity contribution in [2.45, 2.75) is 0 Å². The largest absolute Gasteiger partial charge is 0.296 e. The lowest BCUT2D eigenvalue weighted by atomic mass is 10.3. The number of nitrogens with zero attached hydrogens (tertiary/aromatic N) is 4. The van der Waals surface area contributed by atoms with E-state index in [9.17, 15) is 9.59 Å². The molecular formula is C19H13N5O2S. The molecule has 0 aliphatic heterocycles. The molecule has 0 fully saturated rings. The van der Waals surface area contributed by atoms with E-state index in [1.165, 1.54) is 28.2 Å². The first-order valence-corrected chi connectivity index (χ1v) is 8.93. The highest BCUT2D eigenvalue weighted by molar-refractivity contribution is 7.14. The molecule has 0 saturated heterocycles. The molecule has 0 aliphatic carbocycles. The van der Waals surface area contributed by atoms with Gasteiger partial charge in [-0.05, 0) is 30.3 Å². The zero-order valence-corrected chi connectivity index (χ0v) is 14.8. The first-order chi connectivity index (χ1) is 13.2. The van der Waals surface area contributed by atoms with Crippen LogP contribution in [0.4, 0.5) is 5.13 Å². The summed E-state index contributed by atoms with van der Waals surface area (Å²) in [5.74, 6) is -0.443. The van der Waals surface area contributed by atoms with Gasteiger partial charge >= 0.3 is 0 Å². The average molecular weight is 375 g/mol. The number of aromatic nitrogens is 4. The summed E-state index contributed by atoms with van der Waals surface area (Å²) in [6.07, 6.45) is 1.68. The third-order valence-electron chi connectivity index (χ3n) is 3.69. The van der Waals surface area contributed by atoms with Gasteiger partial charge in [0.05, 0.1) is 11.4 Å². The minimum Gasteiger partial charge on any atom is -0.296 e. The lowest BCUT2D eigenvalue weighted by molar-refractivity contribution is 0.102. The normalized spacial score (nSPS) is 10.5. The first kappa shape index (κ1) is 16.8. The van der Waals surface area contributed by atoms with Gasteiger partial charge in [-0.1, -0.05) is 24.3 Å². The smallest absolute Gasteiger partial charge is 0.277 e. The minimum absolute atomic E-state index is 0.119. The summed E-state index contributed by atoms with van der Waals surface area (Å²) in [6, 6.07) is 17.2. The Morgan fingerprint density at radius 1 is 0.963 bits per heavy atom. The maximum absolute atomic E-state index is 12.5. The lowest BCUT2D eigenvalue weighted by Crippen LogP contribution is -2.24. The van der Waals surface area contributed by atoms with Crippen LogP contribution in [0.1, 0.15) is 10.5 Å². The number of nitrogens with one attached hydrogen (secondary N) is 1. The van der Waals surface area contributed by atoms with E-state index < -0.39 is 5.91 Å². The molecule has 0 bridgehead atoms. The van der Waals surface area contributed by atoms with Crippen LogP contribution in [0.5, 0.6) is 0 Å². The van der Waals surface area contributed by atoms with Gasteiger partial charge in [-0.3, -0.25) is 19.9 Å². The quantitative estimate of drug-likeness (QED) is 0.592. The number of carbonyl (C=O) groups is 1. The Morgan fingerprint density at radius 3 is 2.56 bits per heavy atom. The van der Waals surface area contributed by atoms with Crippen LogP contribution in [0.25, 0.3) is 17.1 Å². The predicted molar refractivity (Wildman–Crippen MR) is 103 cm³/mol. The van der Waals surface area contributed by atoms with Gasteiger partial charge < -0.3 is 0 Å². The van der Waals surface area contributed by atoms with Crippen molar-refractivity contribution in [1.82, 2.24) is 19.7 Å². The second-order valence-electron chi connectivity index (χ2n) is 5.51. The fourth-order valence-electron chi connectivity index (χ4n) is 2.41. The summed E-state index contributed by atoms with van der Waals surface area (Å²) in [4.78, 5) is 33.2. The van der Waals surface area contributed by atoms with E-state index in [1.54, 1.807) is 30.5 Å². The van der Waals surface area contributed by atoms with Gasteiger partial charge in [0.15, 0.2) is 5.13 Å². The molecule has 4 aromatic rings. The van der Waals surface area contributed by atoms with Crippen LogP contribution in [-0.2, 0) is 0 Å². The van der Waals surface area contributed by atoms with Crippen molar-refractivity contribution in [2.24, 2.45) is 0 Å². The molecule has 3 heterocycles. The molecule has 0 atom stereocenters. The number of anilines is 1. The standard InChI is InChI=1S/C19H13N5O2S/c25-17-10-9-15(23-24(17)13-6-2-1-3-7-13)18(26)22-19-21-16(12-27-19)14-8-4-5-11-20-14/h1-12H,(H,21,22,26). The van der Waals surface area contributed by atoms with Gasteiger partial charge in [0, 0.05) is 17.6 Å². The fourth-order valence-corrected chi connectivity index (χ4v) is 3.11. The van der Waals surface area contributed by atoms with Crippen molar-refractivity contribution in [3.8, 4) is 17.1 Å². The zero-order chi connectivity index (χ0) is 18.6. The van der Waals surface area contributed by atoms with Crippen molar-refractivity contribution in [1.29, 1.82) is 0 Å². The Balaban J connectivity index is 1.57. The molecule has 0 aliphatic rings. The Hall–Kier alpha value is -3.65. The highest BCUT2D eigenvalue weighted by atomic mass is 32.1. The number of carbonyl (C=O) groups excluding carboxylic acids is 1. The van der Waals surface area contributed by atoms with E-state index in [2.05, 4.69) is 20.4 Å². The summed E-state index contributed by atoms with van der Waals surface area (Å²) in [6.45, 7) is 0. The molecule has 132 valence electrons. The van der Waals surface area contributed by atoms with Crippen LogP contribution in [0, 0.1) is 0 Å². The molecule has 0 unspecified atom stereocenters. The summed E-state index contributed by atoms with van der Waals surface area (Å²) in [5, 5.41) is 9.12. The highest BCUT2D eigenvalue weighted by Gasteiger charge is 2.13. The Labute approximate surface area is 158 Å². The van der Waals surface area contributed by atoms with E-state index in [4.69, 9.17) is 0 Å². The van der Waals surface area contributed by atoms with Crippen LogP contribution in [0.2, 0.25) is 0 Å². The molecule has 3 aromatic heterocycles. The molecular weight excluding hydrogens is 362 g/mol. The summed E-state index contributed by atoms with van der Waals surface area (Å²) in [5.41, 5.74) is 1.80. The number of pyridine rings is 1. The van der Waals surface area contributed by atoms with Crippen molar-refractivity contribution < 1.29 is 4.79 Å². The SMILES string of the molecule is O=C(Nc1nc(-c2ccccn2)cs1)c1ccc(=O)n(-c2ccccc2)n1. The van der Waals surface area contributed by atoms with Crippen LogP contribution in [0.3, 0.4) is 0 Å². The number of benzene rings is 1. The highest BCUT2D eigenvalue weighted by Crippen LogP contribution is 2.23. The lowest BCUT2D eigenvalue weighted by Gasteiger charge is -2.06. The minimum atomic E-state index is -0.443. The van der Waals surface area contributed by atoms with Crippen LogP contribution < -0.4 is 10.9 Å². The van der Waals surface area contributed by atoms with E-state index in [1.807, 2.05) is 29.6 Å². The second-order valence-corrected chi connectivity index (χ2v) is 6.37. The molecule has 1 N–H and O–H groups in total. The van der Waals surface area contributed by atoms with Crippen molar-refractivity contribution in [3.63, 3.8) is 0 Å². The average Bonchev–Trinajstić information content (AvgIpc) is 3.18. The Kier molecular flexibility index (Phi) is 4.54. The van der Waals surface area contributed by atoms with E-state index >= 15 is 0 Å². The number of amides is 1. The van der Waals surface area contributed by atoms with Gasteiger partial charge in [-0.15, -0.1) is 11.3 Å². The summed E-state index contributed by atoms with van der Waals surface area (Å²) >= 11 is 1.29. The van der Waals surface area contributed by atoms with Gasteiger partial charge in [0.25, 0.3) is 11.5 Å². The maximum atomic E-state index is 12.5. The number of para-hydroxylation sites is 1. The first-order valence-electron chi connectivity index (χ1n) is 8.05. The second kappa shape index (κ2) is 7.30. The predicted octanol–water partition coefficient (Wildman–Crippen LogP) is 3.00. The van der Waals surface area contributed by atoms with Gasteiger partial charge in [0.1, 0.15) is 11.4 Å². The fraction of sp³-hybridized carbons (Fsp3) is 0. The van der Waals surface area contributed by atoms with Gasteiger partial charge in [-0.25, -0.2) is 4.98 Å². The van der Waals surface area contributed by atoms with Gasteiger partial charge in [-0.2, -0.15) is 9.78 Å². The third-order valence-corrected chi connectivity index (χ3v) is 4.44. The molecule has 0 radical (unpaired) electrons. The topological polar surface area (TPSA) is 89.8 Å². The third kappa shape index (κ3) is 3.65. The van der Waals surface area contributed by atoms with Crippen LogP contribution >= 0.6 is 11.3 Å². The molecule has 1 aromatic carbocycles. The van der Waals surface area contributed by atoms with Crippen LogP contribution in [-0.4, -0.2) is 25.7 Å². The maximum Gasteiger partial charge on any atom is 0.277 e. The van der Waals surface area contributed by atoms with E-state index in [0.29, 0.717) is 16.5 Å². The Morgan fingerprint density at radius 2 is 1.78 bits per heavy atom. The number of thiazole rings is 1. The molecule has 0 spiro atoms. The molecule has 7 nitrogen and oxygen atoms in total. The molecule has 1 amide bonds. The summed E-state index contributed by atoms with van der Waals surface area (Å²) in [7, 11) is 0. The van der Waals surface area contributed by atoms with Gasteiger partial charge in [0.2, 0.25) is 0 Å². The number of hydrogen-bond donors (Lipinski definition) is 1. The number of hydrogen-bond acceptors (Lipinski definition) is 6. The molecule has 27 heavy (non-hydrogen) atoms. The molecule has 4 rings (SSSR count). The van der Waals surface area contributed by atoms with Crippen LogP contribution in [0.15, 0.2) is 77.0 Å². The number of rotatable bonds is 4. The monoisotopic (exact) mass is 375 g/mol.